The highest BCUT2D eigenvalue weighted by atomic mass is 32.1. The molecule has 0 N–H and O–H groups in total. The van der Waals surface area contributed by atoms with Gasteiger partial charge in [0, 0.05) is 12.4 Å². The van der Waals surface area contributed by atoms with Gasteiger partial charge in [0.15, 0.2) is 5.13 Å². The van der Waals surface area contributed by atoms with E-state index in [1.54, 1.807) is 22.4 Å². The fourth-order valence-electron chi connectivity index (χ4n) is 3.59. The van der Waals surface area contributed by atoms with Crippen molar-refractivity contribution in [2.45, 2.75) is 46.6 Å². The highest BCUT2D eigenvalue weighted by molar-refractivity contribution is 7.22. The Morgan fingerprint density at radius 1 is 1.00 bits per heavy atom. The fourth-order valence-corrected chi connectivity index (χ4v) is 4.72. The van der Waals surface area contributed by atoms with E-state index in [9.17, 15) is 4.79 Å². The molecule has 31 heavy (non-hydrogen) atoms. The van der Waals surface area contributed by atoms with E-state index in [1.807, 2.05) is 18.3 Å². The largest absolute Gasteiger partial charge is 0.283 e. The average molecular weight is 430 g/mol. The summed E-state index contributed by atoms with van der Waals surface area (Å²) in [5.74, 6) is 0.511. The molecule has 0 atom stereocenters. The molecule has 4 nitrogen and oxygen atoms in total. The second-order valence-electron chi connectivity index (χ2n) is 8.29. The predicted octanol–water partition coefficient (Wildman–Crippen LogP) is 6.21. The van der Waals surface area contributed by atoms with Gasteiger partial charge >= 0.3 is 0 Å². The van der Waals surface area contributed by atoms with Crippen LogP contribution in [-0.4, -0.2) is 15.9 Å². The molecule has 4 aromatic rings. The van der Waals surface area contributed by atoms with Crippen LogP contribution in [0.15, 0.2) is 60.9 Å². The molecule has 1 amide bonds. The van der Waals surface area contributed by atoms with Gasteiger partial charge in [-0.2, -0.15) is 0 Å². The summed E-state index contributed by atoms with van der Waals surface area (Å²) in [6, 6.07) is 16.4. The number of aryl methyl sites for hydroxylation is 2. The van der Waals surface area contributed by atoms with Crippen LogP contribution in [0.25, 0.3) is 10.2 Å². The summed E-state index contributed by atoms with van der Waals surface area (Å²) in [5.41, 5.74) is 6.56. The van der Waals surface area contributed by atoms with Crippen LogP contribution in [-0.2, 0) is 17.8 Å². The van der Waals surface area contributed by atoms with Crippen LogP contribution >= 0.6 is 11.3 Å². The molecule has 4 rings (SSSR count). The Labute approximate surface area is 187 Å². The van der Waals surface area contributed by atoms with Gasteiger partial charge in [-0.3, -0.25) is 14.7 Å². The Hall–Kier alpha value is -3.05. The molecular weight excluding hydrogens is 402 g/mol. The van der Waals surface area contributed by atoms with E-state index in [-0.39, 0.29) is 5.91 Å². The van der Waals surface area contributed by atoms with Gasteiger partial charge in [-0.05, 0) is 53.6 Å². The summed E-state index contributed by atoms with van der Waals surface area (Å²) < 4.78 is 1.14. The number of anilines is 1. The smallest absolute Gasteiger partial charge is 0.233 e. The van der Waals surface area contributed by atoms with Crippen LogP contribution in [0, 0.1) is 13.8 Å². The molecule has 0 fully saturated rings. The van der Waals surface area contributed by atoms with Crippen molar-refractivity contribution < 1.29 is 4.79 Å². The molecular formula is C26H27N3OS. The molecule has 0 aliphatic rings. The number of nitrogens with zero attached hydrogens (tertiary/aromatic N) is 3. The van der Waals surface area contributed by atoms with Crippen LogP contribution in [0.5, 0.6) is 0 Å². The number of amides is 1. The van der Waals surface area contributed by atoms with Gasteiger partial charge < -0.3 is 0 Å². The third-order valence-electron chi connectivity index (χ3n) is 5.53. The first-order valence-electron chi connectivity index (χ1n) is 10.6. The molecule has 158 valence electrons. The number of benzene rings is 2. The number of hydrogen-bond donors (Lipinski definition) is 0. The van der Waals surface area contributed by atoms with Crippen LogP contribution in [0.3, 0.4) is 0 Å². The Morgan fingerprint density at radius 2 is 1.74 bits per heavy atom. The van der Waals surface area contributed by atoms with Crippen molar-refractivity contribution in [1.29, 1.82) is 0 Å². The molecule has 0 aliphatic carbocycles. The molecule has 2 aromatic heterocycles. The van der Waals surface area contributed by atoms with Crippen LogP contribution in [0.1, 0.15) is 47.6 Å². The van der Waals surface area contributed by atoms with E-state index in [1.165, 1.54) is 11.1 Å². The molecule has 0 saturated carbocycles. The second-order valence-corrected chi connectivity index (χ2v) is 9.27. The van der Waals surface area contributed by atoms with Gasteiger partial charge in [-0.15, -0.1) is 0 Å². The molecule has 0 spiro atoms. The Balaban J connectivity index is 1.68. The molecule has 2 heterocycles. The van der Waals surface area contributed by atoms with Crippen LogP contribution in [0.4, 0.5) is 5.13 Å². The summed E-state index contributed by atoms with van der Waals surface area (Å²) in [7, 11) is 0. The third kappa shape index (κ3) is 4.67. The SMILES string of the molecule is Cc1ccc(C)c2sc(N(Cc3cccnc3)C(=O)Cc3ccc(C(C)C)cc3)nc12. The summed E-state index contributed by atoms with van der Waals surface area (Å²) in [5, 5.41) is 0.736. The van der Waals surface area contributed by atoms with Crippen molar-refractivity contribution in [3.05, 3.63) is 88.7 Å². The van der Waals surface area contributed by atoms with Crippen LogP contribution in [0.2, 0.25) is 0 Å². The number of fused-ring (bicyclic) bond motifs is 1. The van der Waals surface area contributed by atoms with Gasteiger partial charge in [0.25, 0.3) is 0 Å². The van der Waals surface area contributed by atoms with E-state index in [0.717, 1.165) is 32.0 Å². The second kappa shape index (κ2) is 8.98. The highest BCUT2D eigenvalue weighted by Crippen LogP contribution is 2.34. The lowest BCUT2D eigenvalue weighted by Crippen LogP contribution is -2.31. The Kier molecular flexibility index (Phi) is 6.14. The summed E-state index contributed by atoms with van der Waals surface area (Å²) in [4.78, 5) is 24.3. The maximum absolute atomic E-state index is 13.5. The van der Waals surface area contributed by atoms with E-state index in [0.29, 0.717) is 18.9 Å². The first-order valence-corrected chi connectivity index (χ1v) is 11.4. The maximum atomic E-state index is 13.5. The minimum Gasteiger partial charge on any atom is -0.283 e. The zero-order valence-corrected chi connectivity index (χ0v) is 19.2. The van der Waals surface area contributed by atoms with Crippen molar-refractivity contribution in [1.82, 2.24) is 9.97 Å². The Bertz CT molecular complexity index is 1160. The van der Waals surface area contributed by atoms with Gasteiger partial charge in [-0.25, -0.2) is 4.98 Å². The molecule has 0 radical (unpaired) electrons. The normalized spacial score (nSPS) is 11.3. The van der Waals surface area contributed by atoms with E-state index in [4.69, 9.17) is 4.98 Å². The average Bonchev–Trinajstić information content (AvgIpc) is 3.22. The lowest BCUT2D eigenvalue weighted by atomic mass is 10.0. The van der Waals surface area contributed by atoms with E-state index >= 15 is 0 Å². The van der Waals surface area contributed by atoms with Gasteiger partial charge in [0.05, 0.1) is 23.2 Å². The number of pyridine rings is 1. The predicted molar refractivity (Wildman–Crippen MR) is 129 cm³/mol. The van der Waals surface area contributed by atoms with Crippen molar-refractivity contribution in [2.75, 3.05) is 4.90 Å². The summed E-state index contributed by atoms with van der Waals surface area (Å²) in [6.07, 6.45) is 3.89. The monoisotopic (exact) mass is 429 g/mol. The lowest BCUT2D eigenvalue weighted by molar-refractivity contribution is -0.118. The zero-order valence-electron chi connectivity index (χ0n) is 18.4. The number of thiazole rings is 1. The number of aromatic nitrogens is 2. The van der Waals surface area contributed by atoms with Crippen molar-refractivity contribution in [3.8, 4) is 0 Å². The lowest BCUT2D eigenvalue weighted by Gasteiger charge is -2.20. The molecule has 5 heteroatoms. The molecule has 0 saturated heterocycles. The van der Waals surface area contributed by atoms with E-state index < -0.39 is 0 Å². The molecule has 0 unspecified atom stereocenters. The molecule has 0 bridgehead atoms. The number of hydrogen-bond acceptors (Lipinski definition) is 4. The van der Waals surface area contributed by atoms with Gasteiger partial charge in [0.1, 0.15) is 0 Å². The third-order valence-corrected chi connectivity index (χ3v) is 6.74. The maximum Gasteiger partial charge on any atom is 0.233 e. The van der Waals surface area contributed by atoms with Crippen molar-refractivity contribution in [2.24, 2.45) is 0 Å². The first kappa shape index (κ1) is 21.2. The first-order chi connectivity index (χ1) is 14.9. The van der Waals surface area contributed by atoms with Crippen molar-refractivity contribution >= 4 is 32.6 Å². The standard InChI is InChI=1S/C26H27N3OS/c1-17(2)22-11-9-20(10-12-22)14-23(30)29(16-21-6-5-13-27-15-21)26-28-24-18(3)7-8-19(4)25(24)31-26/h5-13,15,17H,14,16H2,1-4H3. The molecule has 2 aromatic carbocycles. The summed E-state index contributed by atoms with van der Waals surface area (Å²) >= 11 is 1.58. The quantitative estimate of drug-likeness (QED) is 0.366. The topological polar surface area (TPSA) is 46.1 Å². The Morgan fingerprint density at radius 3 is 2.39 bits per heavy atom. The van der Waals surface area contributed by atoms with Crippen LogP contribution < -0.4 is 4.90 Å². The number of rotatable bonds is 6. The minimum atomic E-state index is 0.0375. The van der Waals surface area contributed by atoms with Crippen molar-refractivity contribution in [3.63, 3.8) is 0 Å². The zero-order chi connectivity index (χ0) is 22.0. The van der Waals surface area contributed by atoms with Gasteiger partial charge in [-0.1, -0.05) is 67.6 Å². The number of carbonyl (C=O) groups is 1. The van der Waals surface area contributed by atoms with E-state index in [2.05, 4.69) is 69.1 Å². The fraction of sp³-hybridized carbons (Fsp3) is 0.269. The molecule has 0 aliphatic heterocycles. The summed E-state index contributed by atoms with van der Waals surface area (Å²) in [6.45, 7) is 8.95. The minimum absolute atomic E-state index is 0.0375. The number of carbonyl (C=O) groups excluding carboxylic acids is 1. The van der Waals surface area contributed by atoms with Gasteiger partial charge in [0.2, 0.25) is 5.91 Å². The highest BCUT2D eigenvalue weighted by Gasteiger charge is 2.22.